The van der Waals surface area contributed by atoms with Gasteiger partial charge in [0.1, 0.15) is 0 Å². The van der Waals surface area contributed by atoms with E-state index in [1.165, 1.54) is 0 Å². The standard InChI is InChI=1S/C14H28N2O2/c1-3-4-13(7-10-17)11-15-14(18)16-8-5-12(2)6-9-16/h12-13,17H,3-11H2,1-2H3,(H,15,18). The van der Waals surface area contributed by atoms with Crippen LogP contribution < -0.4 is 5.32 Å². The second kappa shape index (κ2) is 8.35. The number of nitrogens with zero attached hydrogens (tertiary/aromatic N) is 1. The van der Waals surface area contributed by atoms with Gasteiger partial charge in [0, 0.05) is 26.2 Å². The number of piperidine rings is 1. The summed E-state index contributed by atoms with van der Waals surface area (Å²) < 4.78 is 0. The Labute approximate surface area is 111 Å². The Bertz CT molecular complexity index is 232. The number of rotatable bonds is 6. The minimum Gasteiger partial charge on any atom is -0.396 e. The molecule has 4 nitrogen and oxygen atoms in total. The zero-order valence-corrected chi connectivity index (χ0v) is 11.8. The van der Waals surface area contributed by atoms with Crippen molar-refractivity contribution in [3.05, 3.63) is 0 Å². The molecule has 2 amide bonds. The second-order valence-corrected chi connectivity index (χ2v) is 5.52. The number of urea groups is 1. The van der Waals surface area contributed by atoms with E-state index in [2.05, 4.69) is 19.2 Å². The molecule has 1 saturated heterocycles. The molecule has 0 spiro atoms. The van der Waals surface area contributed by atoms with Crippen LogP contribution in [-0.4, -0.2) is 42.3 Å². The van der Waals surface area contributed by atoms with Crippen molar-refractivity contribution in [2.45, 2.75) is 46.0 Å². The van der Waals surface area contributed by atoms with E-state index < -0.39 is 0 Å². The van der Waals surface area contributed by atoms with E-state index in [0.29, 0.717) is 12.5 Å². The number of hydrogen-bond donors (Lipinski definition) is 2. The highest BCUT2D eigenvalue weighted by atomic mass is 16.3. The van der Waals surface area contributed by atoms with E-state index in [1.807, 2.05) is 4.90 Å². The van der Waals surface area contributed by atoms with Gasteiger partial charge in [-0.25, -0.2) is 4.79 Å². The van der Waals surface area contributed by atoms with Gasteiger partial charge in [0.05, 0.1) is 0 Å². The summed E-state index contributed by atoms with van der Waals surface area (Å²) in [5, 5.41) is 12.0. The number of likely N-dealkylation sites (tertiary alicyclic amines) is 1. The summed E-state index contributed by atoms with van der Waals surface area (Å²) >= 11 is 0. The summed E-state index contributed by atoms with van der Waals surface area (Å²) in [6.45, 7) is 7.05. The molecule has 0 aromatic rings. The molecule has 1 rings (SSSR count). The van der Waals surface area contributed by atoms with Gasteiger partial charge in [0.15, 0.2) is 0 Å². The lowest BCUT2D eigenvalue weighted by Gasteiger charge is -2.30. The van der Waals surface area contributed by atoms with Gasteiger partial charge in [-0.05, 0) is 37.5 Å². The van der Waals surface area contributed by atoms with Crippen LogP contribution in [-0.2, 0) is 0 Å². The maximum atomic E-state index is 12.0. The number of aliphatic hydroxyl groups is 1. The zero-order chi connectivity index (χ0) is 13.4. The first-order valence-electron chi connectivity index (χ1n) is 7.31. The van der Waals surface area contributed by atoms with E-state index in [-0.39, 0.29) is 12.6 Å². The average Bonchev–Trinajstić information content (AvgIpc) is 2.37. The van der Waals surface area contributed by atoms with Gasteiger partial charge in [-0.15, -0.1) is 0 Å². The van der Waals surface area contributed by atoms with Gasteiger partial charge in [-0.3, -0.25) is 0 Å². The molecule has 4 heteroatoms. The van der Waals surface area contributed by atoms with Gasteiger partial charge < -0.3 is 15.3 Å². The summed E-state index contributed by atoms with van der Waals surface area (Å²) in [6.07, 6.45) is 5.18. The fourth-order valence-electron chi connectivity index (χ4n) is 2.49. The second-order valence-electron chi connectivity index (χ2n) is 5.52. The summed E-state index contributed by atoms with van der Waals surface area (Å²) in [6, 6.07) is 0.0703. The normalized spacial score (nSPS) is 18.7. The molecule has 0 aromatic carbocycles. The van der Waals surface area contributed by atoms with Crippen molar-refractivity contribution in [3.8, 4) is 0 Å². The van der Waals surface area contributed by atoms with Crippen molar-refractivity contribution < 1.29 is 9.90 Å². The van der Waals surface area contributed by atoms with Crippen LogP contribution in [0.1, 0.15) is 46.0 Å². The number of carbonyl (C=O) groups excluding carboxylic acids is 1. The highest BCUT2D eigenvalue weighted by molar-refractivity contribution is 5.74. The predicted octanol–water partition coefficient (Wildman–Crippen LogP) is 2.23. The fraction of sp³-hybridized carbons (Fsp3) is 0.929. The van der Waals surface area contributed by atoms with Crippen LogP contribution in [0.3, 0.4) is 0 Å². The molecular weight excluding hydrogens is 228 g/mol. The van der Waals surface area contributed by atoms with Gasteiger partial charge >= 0.3 is 6.03 Å². The third kappa shape index (κ3) is 5.25. The Balaban J connectivity index is 2.26. The Hall–Kier alpha value is -0.770. The number of nitrogens with one attached hydrogen (secondary N) is 1. The average molecular weight is 256 g/mol. The monoisotopic (exact) mass is 256 g/mol. The van der Waals surface area contributed by atoms with Crippen LogP contribution in [0.2, 0.25) is 0 Å². The van der Waals surface area contributed by atoms with Crippen LogP contribution in [0.4, 0.5) is 4.79 Å². The first kappa shape index (κ1) is 15.3. The summed E-state index contributed by atoms with van der Waals surface area (Å²) in [7, 11) is 0. The molecule has 1 aliphatic rings. The molecule has 1 fully saturated rings. The molecule has 2 N–H and O–H groups in total. The van der Waals surface area contributed by atoms with Gasteiger partial charge in [0.25, 0.3) is 0 Å². The molecule has 106 valence electrons. The minimum absolute atomic E-state index is 0.0703. The van der Waals surface area contributed by atoms with E-state index >= 15 is 0 Å². The first-order chi connectivity index (χ1) is 8.67. The molecule has 1 aliphatic heterocycles. The van der Waals surface area contributed by atoms with Crippen molar-refractivity contribution >= 4 is 6.03 Å². The van der Waals surface area contributed by atoms with E-state index in [4.69, 9.17) is 5.11 Å². The van der Waals surface area contributed by atoms with Crippen LogP contribution in [0.5, 0.6) is 0 Å². The minimum atomic E-state index is 0.0703. The topological polar surface area (TPSA) is 52.6 Å². The van der Waals surface area contributed by atoms with Crippen molar-refractivity contribution in [2.24, 2.45) is 11.8 Å². The lowest BCUT2D eigenvalue weighted by Crippen LogP contribution is -2.45. The number of aliphatic hydroxyl groups excluding tert-OH is 1. The summed E-state index contributed by atoms with van der Waals surface area (Å²) in [4.78, 5) is 13.9. The maximum Gasteiger partial charge on any atom is 0.317 e. The third-order valence-corrected chi connectivity index (χ3v) is 3.85. The third-order valence-electron chi connectivity index (χ3n) is 3.85. The van der Waals surface area contributed by atoms with Gasteiger partial charge in [-0.1, -0.05) is 20.3 Å². The largest absolute Gasteiger partial charge is 0.396 e. The van der Waals surface area contributed by atoms with Gasteiger partial charge in [0.2, 0.25) is 0 Å². The predicted molar refractivity (Wildman–Crippen MR) is 73.5 cm³/mol. The van der Waals surface area contributed by atoms with E-state index in [9.17, 15) is 4.79 Å². The molecule has 1 heterocycles. The highest BCUT2D eigenvalue weighted by Gasteiger charge is 2.20. The Morgan fingerprint density at radius 1 is 1.39 bits per heavy atom. The molecule has 18 heavy (non-hydrogen) atoms. The zero-order valence-electron chi connectivity index (χ0n) is 11.8. The molecule has 0 radical (unpaired) electrons. The van der Waals surface area contributed by atoms with E-state index in [0.717, 1.165) is 51.1 Å². The Kier molecular flexibility index (Phi) is 7.09. The molecule has 1 unspecified atom stereocenters. The molecule has 0 aromatic heterocycles. The molecular formula is C14H28N2O2. The highest BCUT2D eigenvalue weighted by Crippen LogP contribution is 2.16. The lowest BCUT2D eigenvalue weighted by atomic mass is 9.99. The Morgan fingerprint density at radius 2 is 2.06 bits per heavy atom. The van der Waals surface area contributed by atoms with Crippen molar-refractivity contribution in [1.82, 2.24) is 10.2 Å². The van der Waals surface area contributed by atoms with Gasteiger partial charge in [-0.2, -0.15) is 0 Å². The lowest BCUT2D eigenvalue weighted by molar-refractivity contribution is 0.170. The van der Waals surface area contributed by atoms with E-state index in [1.54, 1.807) is 0 Å². The van der Waals surface area contributed by atoms with Crippen LogP contribution >= 0.6 is 0 Å². The fourth-order valence-corrected chi connectivity index (χ4v) is 2.49. The first-order valence-corrected chi connectivity index (χ1v) is 7.31. The number of hydrogen-bond acceptors (Lipinski definition) is 2. The van der Waals surface area contributed by atoms with Crippen LogP contribution in [0.25, 0.3) is 0 Å². The van der Waals surface area contributed by atoms with Crippen LogP contribution in [0, 0.1) is 11.8 Å². The molecule has 1 atom stereocenters. The number of carbonyl (C=O) groups is 1. The maximum absolute atomic E-state index is 12.0. The SMILES string of the molecule is CCCC(CCO)CNC(=O)N1CCC(C)CC1. The smallest absolute Gasteiger partial charge is 0.317 e. The quantitative estimate of drug-likeness (QED) is 0.765. The van der Waals surface area contributed by atoms with Crippen molar-refractivity contribution in [2.75, 3.05) is 26.2 Å². The molecule has 0 saturated carbocycles. The Morgan fingerprint density at radius 3 is 2.61 bits per heavy atom. The molecule has 0 bridgehead atoms. The van der Waals surface area contributed by atoms with Crippen molar-refractivity contribution in [3.63, 3.8) is 0 Å². The summed E-state index contributed by atoms with van der Waals surface area (Å²) in [5.41, 5.74) is 0. The number of amides is 2. The summed E-state index contributed by atoms with van der Waals surface area (Å²) in [5.74, 6) is 1.16. The molecule has 0 aliphatic carbocycles. The van der Waals surface area contributed by atoms with Crippen LogP contribution in [0.15, 0.2) is 0 Å². The van der Waals surface area contributed by atoms with Crippen molar-refractivity contribution in [1.29, 1.82) is 0 Å².